The quantitative estimate of drug-likeness (QED) is 0.688. The lowest BCUT2D eigenvalue weighted by Gasteiger charge is -2.16. The molecule has 1 aliphatic rings. The van der Waals surface area contributed by atoms with Crippen molar-refractivity contribution in [3.05, 3.63) is 24.3 Å². The number of rotatable bonds is 0. The third kappa shape index (κ3) is 4.05. The SMILES string of the molecule is CC.CC.c1ccc2c(c1)NCCS2. The molecule has 2 heteroatoms. The molecule has 0 saturated carbocycles. The van der Waals surface area contributed by atoms with Gasteiger partial charge in [-0.05, 0) is 12.1 Å². The lowest BCUT2D eigenvalue weighted by Crippen LogP contribution is -2.09. The second-order valence-corrected chi connectivity index (χ2v) is 3.41. The van der Waals surface area contributed by atoms with Gasteiger partial charge in [0, 0.05) is 22.9 Å². The number of hydrogen-bond acceptors (Lipinski definition) is 2. The molecule has 0 spiro atoms. The lowest BCUT2D eigenvalue weighted by atomic mass is 10.3. The van der Waals surface area contributed by atoms with Crippen molar-refractivity contribution in [3.8, 4) is 0 Å². The zero-order chi connectivity index (χ0) is 10.8. The largest absolute Gasteiger partial charge is 0.383 e. The summed E-state index contributed by atoms with van der Waals surface area (Å²) in [6.07, 6.45) is 0. The molecule has 1 N–H and O–H groups in total. The van der Waals surface area contributed by atoms with Gasteiger partial charge in [0.1, 0.15) is 0 Å². The van der Waals surface area contributed by atoms with Crippen LogP contribution in [0.15, 0.2) is 29.2 Å². The highest BCUT2D eigenvalue weighted by atomic mass is 32.2. The Morgan fingerprint density at radius 2 is 1.71 bits per heavy atom. The molecule has 2 rings (SSSR count). The van der Waals surface area contributed by atoms with E-state index in [0.717, 1.165) is 6.54 Å². The topological polar surface area (TPSA) is 12.0 Å². The van der Waals surface area contributed by atoms with Gasteiger partial charge in [-0.25, -0.2) is 0 Å². The van der Waals surface area contributed by atoms with E-state index in [1.807, 2.05) is 39.5 Å². The number of hydrogen-bond donors (Lipinski definition) is 1. The van der Waals surface area contributed by atoms with Crippen LogP contribution in [0.2, 0.25) is 0 Å². The lowest BCUT2D eigenvalue weighted by molar-refractivity contribution is 1.17. The zero-order valence-electron chi connectivity index (χ0n) is 9.63. The fourth-order valence-electron chi connectivity index (χ4n) is 1.09. The minimum absolute atomic E-state index is 1.10. The first-order chi connectivity index (χ1) is 6.97. The number of thioether (sulfide) groups is 1. The average molecular weight is 211 g/mol. The number of fused-ring (bicyclic) bond motifs is 1. The summed E-state index contributed by atoms with van der Waals surface area (Å²) in [5.74, 6) is 1.19. The van der Waals surface area contributed by atoms with Crippen molar-refractivity contribution in [2.45, 2.75) is 32.6 Å². The van der Waals surface area contributed by atoms with E-state index in [1.165, 1.54) is 16.3 Å². The minimum Gasteiger partial charge on any atom is -0.383 e. The first kappa shape index (κ1) is 13.4. The van der Waals surface area contributed by atoms with Gasteiger partial charge in [-0.2, -0.15) is 0 Å². The van der Waals surface area contributed by atoms with Gasteiger partial charge in [-0.3, -0.25) is 0 Å². The molecule has 0 atom stereocenters. The molecule has 0 radical (unpaired) electrons. The summed E-state index contributed by atoms with van der Waals surface area (Å²) in [6, 6.07) is 8.43. The normalized spacial score (nSPS) is 12.0. The van der Waals surface area contributed by atoms with Gasteiger partial charge in [0.25, 0.3) is 0 Å². The van der Waals surface area contributed by atoms with Gasteiger partial charge in [0.05, 0.1) is 0 Å². The first-order valence-corrected chi connectivity index (χ1v) is 6.41. The Labute approximate surface area is 92.3 Å². The summed E-state index contributed by atoms with van der Waals surface area (Å²) in [4.78, 5) is 1.38. The average Bonchev–Trinajstić information content (AvgIpc) is 2.34. The Bertz CT molecular complexity index is 211. The predicted molar refractivity (Wildman–Crippen MR) is 68.4 cm³/mol. The number of benzene rings is 1. The van der Waals surface area contributed by atoms with Crippen molar-refractivity contribution >= 4 is 17.4 Å². The standard InChI is InChI=1S/C8H9NS.2C2H6/c1-2-4-8-7(3-1)9-5-6-10-8;2*1-2/h1-4,9H,5-6H2;2*1-2H3. The highest BCUT2D eigenvalue weighted by Crippen LogP contribution is 2.29. The van der Waals surface area contributed by atoms with Crippen molar-refractivity contribution in [2.75, 3.05) is 17.6 Å². The van der Waals surface area contributed by atoms with E-state index < -0.39 is 0 Å². The highest BCUT2D eigenvalue weighted by molar-refractivity contribution is 7.99. The van der Waals surface area contributed by atoms with Crippen LogP contribution in [-0.2, 0) is 0 Å². The van der Waals surface area contributed by atoms with Gasteiger partial charge in [0.15, 0.2) is 0 Å². The number of nitrogens with one attached hydrogen (secondary N) is 1. The fraction of sp³-hybridized carbons (Fsp3) is 0.500. The summed E-state index contributed by atoms with van der Waals surface area (Å²) in [6.45, 7) is 9.10. The Morgan fingerprint density at radius 3 is 2.36 bits per heavy atom. The van der Waals surface area contributed by atoms with Gasteiger partial charge in [-0.1, -0.05) is 39.8 Å². The van der Waals surface area contributed by atoms with E-state index in [0.29, 0.717) is 0 Å². The molecule has 1 aromatic carbocycles. The molecule has 0 amide bonds. The van der Waals surface area contributed by atoms with E-state index in [-0.39, 0.29) is 0 Å². The summed E-state index contributed by atoms with van der Waals surface area (Å²) >= 11 is 1.93. The van der Waals surface area contributed by atoms with E-state index in [2.05, 4.69) is 29.6 Å². The second kappa shape index (κ2) is 8.95. The maximum atomic E-state index is 3.34. The highest BCUT2D eigenvalue weighted by Gasteiger charge is 2.05. The van der Waals surface area contributed by atoms with E-state index >= 15 is 0 Å². The smallest absolute Gasteiger partial charge is 0.0478 e. The zero-order valence-corrected chi connectivity index (χ0v) is 10.4. The molecule has 1 aromatic rings. The molecule has 1 nitrogen and oxygen atoms in total. The molecule has 0 aromatic heterocycles. The van der Waals surface area contributed by atoms with Gasteiger partial charge in [-0.15, -0.1) is 11.8 Å². The van der Waals surface area contributed by atoms with Gasteiger partial charge < -0.3 is 5.32 Å². The molecular formula is C12H21NS. The Morgan fingerprint density at radius 1 is 1.07 bits per heavy atom. The maximum absolute atomic E-state index is 3.34. The third-order valence-corrected chi connectivity index (χ3v) is 2.64. The second-order valence-electron chi connectivity index (χ2n) is 2.27. The van der Waals surface area contributed by atoms with Crippen molar-refractivity contribution in [3.63, 3.8) is 0 Å². The van der Waals surface area contributed by atoms with E-state index in [1.54, 1.807) is 0 Å². The fourth-order valence-corrected chi connectivity index (χ4v) is 1.98. The van der Waals surface area contributed by atoms with Crippen molar-refractivity contribution in [2.24, 2.45) is 0 Å². The molecule has 1 aliphatic heterocycles. The molecule has 0 saturated heterocycles. The Balaban J connectivity index is 0.000000379. The Kier molecular flexibility index (Phi) is 8.54. The van der Waals surface area contributed by atoms with Crippen molar-refractivity contribution in [1.82, 2.24) is 0 Å². The molecule has 80 valence electrons. The molecule has 14 heavy (non-hydrogen) atoms. The summed E-state index contributed by atoms with van der Waals surface area (Å²) in [5.41, 5.74) is 1.29. The van der Waals surface area contributed by atoms with E-state index in [4.69, 9.17) is 0 Å². The first-order valence-electron chi connectivity index (χ1n) is 5.42. The van der Waals surface area contributed by atoms with Crippen LogP contribution < -0.4 is 5.32 Å². The maximum Gasteiger partial charge on any atom is 0.0478 e. The summed E-state index contributed by atoms with van der Waals surface area (Å²) < 4.78 is 0. The summed E-state index contributed by atoms with van der Waals surface area (Å²) in [5, 5.41) is 3.34. The summed E-state index contributed by atoms with van der Waals surface area (Å²) in [7, 11) is 0. The van der Waals surface area contributed by atoms with E-state index in [9.17, 15) is 0 Å². The van der Waals surface area contributed by atoms with Crippen molar-refractivity contribution < 1.29 is 0 Å². The van der Waals surface area contributed by atoms with Crippen LogP contribution >= 0.6 is 11.8 Å². The Hall–Kier alpha value is -0.630. The number of para-hydroxylation sites is 1. The molecule has 0 aliphatic carbocycles. The number of anilines is 1. The predicted octanol–water partition coefficient (Wildman–Crippen LogP) is 4.26. The van der Waals surface area contributed by atoms with Crippen molar-refractivity contribution in [1.29, 1.82) is 0 Å². The molecule has 0 fully saturated rings. The molecule has 0 bridgehead atoms. The van der Waals surface area contributed by atoms with Crippen LogP contribution in [0.25, 0.3) is 0 Å². The van der Waals surface area contributed by atoms with Crippen LogP contribution in [0.5, 0.6) is 0 Å². The van der Waals surface area contributed by atoms with Crippen LogP contribution in [0.1, 0.15) is 27.7 Å². The van der Waals surface area contributed by atoms with Gasteiger partial charge in [0.2, 0.25) is 0 Å². The molecule has 0 unspecified atom stereocenters. The van der Waals surface area contributed by atoms with Gasteiger partial charge >= 0.3 is 0 Å². The van der Waals surface area contributed by atoms with Crippen LogP contribution in [0.3, 0.4) is 0 Å². The van der Waals surface area contributed by atoms with Crippen LogP contribution in [0.4, 0.5) is 5.69 Å². The molecule has 1 heterocycles. The monoisotopic (exact) mass is 211 g/mol. The third-order valence-electron chi connectivity index (χ3n) is 1.56. The minimum atomic E-state index is 1.10. The van der Waals surface area contributed by atoms with Crippen LogP contribution in [0, 0.1) is 0 Å². The molecular weight excluding hydrogens is 190 g/mol. The van der Waals surface area contributed by atoms with Crippen LogP contribution in [-0.4, -0.2) is 12.3 Å².